The summed E-state index contributed by atoms with van der Waals surface area (Å²) in [6.45, 7) is 4.05. The minimum atomic E-state index is -0.695. The van der Waals surface area contributed by atoms with Gasteiger partial charge in [0.15, 0.2) is 0 Å². The van der Waals surface area contributed by atoms with Crippen LogP contribution in [-0.2, 0) is 9.59 Å². The molecule has 0 aliphatic carbocycles. The summed E-state index contributed by atoms with van der Waals surface area (Å²) in [5.41, 5.74) is 0.764. The van der Waals surface area contributed by atoms with Gasteiger partial charge < -0.3 is 10.0 Å². The topological polar surface area (TPSA) is 57.6 Å². The average molecular weight is 373 g/mol. The fraction of sp³-hybridized carbons (Fsp3) is 0.300. The zero-order valence-electron chi connectivity index (χ0n) is 14.7. The second-order valence-electron chi connectivity index (χ2n) is 6.33. The summed E-state index contributed by atoms with van der Waals surface area (Å²) in [4.78, 5) is 27.6. The molecule has 6 heteroatoms. The number of thiophene rings is 1. The summed E-state index contributed by atoms with van der Waals surface area (Å²) in [5.74, 6) is -1.94. The summed E-state index contributed by atoms with van der Waals surface area (Å²) in [6.07, 6.45) is 1.65. The highest BCUT2D eigenvalue weighted by Crippen LogP contribution is 2.41. The third-order valence-corrected chi connectivity index (χ3v) is 5.46. The Bertz CT molecular complexity index is 873. The fourth-order valence-corrected chi connectivity index (χ4v) is 3.97. The van der Waals surface area contributed by atoms with Gasteiger partial charge in [-0.05, 0) is 48.6 Å². The monoisotopic (exact) mass is 373 g/mol. The number of carbonyl (C=O) groups excluding carboxylic acids is 2. The van der Waals surface area contributed by atoms with Gasteiger partial charge in [-0.1, -0.05) is 19.4 Å². The number of benzene rings is 1. The molecule has 1 aromatic carbocycles. The van der Waals surface area contributed by atoms with Gasteiger partial charge in [-0.3, -0.25) is 9.59 Å². The lowest BCUT2D eigenvalue weighted by molar-refractivity contribution is -0.139. The minimum Gasteiger partial charge on any atom is -0.507 e. The molecule has 1 saturated heterocycles. The van der Waals surface area contributed by atoms with Crippen LogP contribution in [0.1, 0.15) is 41.8 Å². The van der Waals surface area contributed by atoms with Crippen molar-refractivity contribution in [1.29, 1.82) is 0 Å². The van der Waals surface area contributed by atoms with E-state index in [0.717, 1.165) is 17.7 Å². The summed E-state index contributed by atoms with van der Waals surface area (Å²) >= 11 is 1.43. The van der Waals surface area contributed by atoms with Crippen LogP contribution in [-0.4, -0.2) is 28.2 Å². The number of aliphatic hydroxyl groups excluding tert-OH is 1. The van der Waals surface area contributed by atoms with Gasteiger partial charge in [-0.15, -0.1) is 11.3 Å². The first-order valence-corrected chi connectivity index (χ1v) is 9.42. The average Bonchev–Trinajstić information content (AvgIpc) is 3.23. The molecule has 1 N–H and O–H groups in total. The van der Waals surface area contributed by atoms with E-state index >= 15 is 0 Å². The van der Waals surface area contributed by atoms with Gasteiger partial charge in [-0.2, -0.15) is 0 Å². The summed E-state index contributed by atoms with van der Waals surface area (Å²) in [6, 6.07) is 7.24. The van der Waals surface area contributed by atoms with Crippen LogP contribution in [0.3, 0.4) is 0 Å². The number of likely N-dealkylation sites (tertiary alicyclic amines) is 1. The van der Waals surface area contributed by atoms with Gasteiger partial charge in [0.2, 0.25) is 0 Å². The largest absolute Gasteiger partial charge is 0.507 e. The van der Waals surface area contributed by atoms with E-state index in [1.807, 2.05) is 24.4 Å². The molecule has 4 nitrogen and oxygen atoms in total. The highest BCUT2D eigenvalue weighted by atomic mass is 32.1. The van der Waals surface area contributed by atoms with E-state index in [0.29, 0.717) is 17.7 Å². The Morgan fingerprint density at radius 3 is 2.69 bits per heavy atom. The molecule has 0 radical (unpaired) electrons. The number of rotatable bonds is 5. The van der Waals surface area contributed by atoms with E-state index in [4.69, 9.17) is 0 Å². The number of carbonyl (C=O) groups is 2. The van der Waals surface area contributed by atoms with E-state index in [2.05, 4.69) is 0 Å². The summed E-state index contributed by atoms with van der Waals surface area (Å²) < 4.78 is 13.6. The first kappa shape index (κ1) is 18.3. The van der Waals surface area contributed by atoms with E-state index in [1.54, 1.807) is 6.92 Å². The lowest BCUT2D eigenvalue weighted by Crippen LogP contribution is -2.30. The highest BCUT2D eigenvalue weighted by Gasteiger charge is 2.46. The van der Waals surface area contributed by atoms with Crippen LogP contribution < -0.4 is 0 Å². The molecule has 1 aliphatic rings. The molecule has 2 heterocycles. The Kier molecular flexibility index (Phi) is 5.23. The minimum absolute atomic E-state index is 0.0690. The van der Waals surface area contributed by atoms with Crippen molar-refractivity contribution in [1.82, 2.24) is 4.90 Å². The molecule has 1 aromatic heterocycles. The van der Waals surface area contributed by atoms with Gasteiger partial charge in [0, 0.05) is 17.0 Å². The maximum Gasteiger partial charge on any atom is 0.295 e. The van der Waals surface area contributed by atoms with E-state index < -0.39 is 17.7 Å². The van der Waals surface area contributed by atoms with Crippen LogP contribution in [0, 0.1) is 12.7 Å². The Morgan fingerprint density at radius 1 is 1.31 bits per heavy atom. The molecule has 1 fully saturated rings. The summed E-state index contributed by atoms with van der Waals surface area (Å²) in [7, 11) is 0. The van der Waals surface area contributed by atoms with Gasteiger partial charge in [-0.25, -0.2) is 4.39 Å². The molecule has 2 aromatic rings. The van der Waals surface area contributed by atoms with Crippen LogP contribution in [0.5, 0.6) is 0 Å². The van der Waals surface area contributed by atoms with Crippen molar-refractivity contribution in [3.8, 4) is 0 Å². The van der Waals surface area contributed by atoms with Crippen molar-refractivity contribution in [2.45, 2.75) is 32.7 Å². The van der Waals surface area contributed by atoms with Crippen molar-refractivity contribution in [2.75, 3.05) is 6.54 Å². The molecule has 26 heavy (non-hydrogen) atoms. The van der Waals surface area contributed by atoms with E-state index in [-0.39, 0.29) is 17.1 Å². The third kappa shape index (κ3) is 3.17. The summed E-state index contributed by atoms with van der Waals surface area (Å²) in [5, 5.41) is 12.7. The van der Waals surface area contributed by atoms with Crippen LogP contribution in [0.2, 0.25) is 0 Å². The number of halogens is 1. The number of amides is 1. The van der Waals surface area contributed by atoms with E-state index in [9.17, 15) is 19.1 Å². The van der Waals surface area contributed by atoms with Crippen molar-refractivity contribution < 1.29 is 19.1 Å². The van der Waals surface area contributed by atoms with Gasteiger partial charge in [0.1, 0.15) is 11.6 Å². The number of Topliss-reactive ketones (excluding diaryl/α,β-unsaturated/α-hetero) is 1. The fourth-order valence-electron chi connectivity index (χ4n) is 3.13. The Labute approximate surface area is 155 Å². The molecule has 1 atom stereocenters. The van der Waals surface area contributed by atoms with Crippen molar-refractivity contribution in [3.05, 3.63) is 63.1 Å². The second kappa shape index (κ2) is 7.41. The number of aryl methyl sites for hydroxylation is 1. The zero-order valence-corrected chi connectivity index (χ0v) is 15.5. The molecule has 1 amide bonds. The van der Waals surface area contributed by atoms with Crippen LogP contribution in [0.4, 0.5) is 4.39 Å². The lowest BCUT2D eigenvalue weighted by Gasteiger charge is -2.23. The van der Waals surface area contributed by atoms with Crippen molar-refractivity contribution in [3.63, 3.8) is 0 Å². The lowest BCUT2D eigenvalue weighted by atomic mass is 9.99. The number of hydrogen-bond donors (Lipinski definition) is 1. The molecule has 0 bridgehead atoms. The molecule has 136 valence electrons. The van der Waals surface area contributed by atoms with E-state index in [1.165, 1.54) is 34.4 Å². The van der Waals surface area contributed by atoms with Crippen molar-refractivity contribution >= 4 is 28.8 Å². The second-order valence-corrected chi connectivity index (χ2v) is 7.30. The number of hydrogen-bond acceptors (Lipinski definition) is 4. The number of aliphatic hydroxyl groups is 1. The molecular weight excluding hydrogens is 353 g/mol. The Hall–Kier alpha value is -2.47. The maximum atomic E-state index is 13.6. The Morgan fingerprint density at radius 2 is 2.08 bits per heavy atom. The normalized spacial score (nSPS) is 19.3. The zero-order chi connectivity index (χ0) is 18.8. The Balaban J connectivity index is 2.14. The first-order chi connectivity index (χ1) is 12.5. The van der Waals surface area contributed by atoms with Crippen LogP contribution in [0.15, 0.2) is 41.3 Å². The van der Waals surface area contributed by atoms with Crippen molar-refractivity contribution in [2.24, 2.45) is 0 Å². The van der Waals surface area contributed by atoms with Gasteiger partial charge in [0.05, 0.1) is 11.6 Å². The predicted molar refractivity (Wildman–Crippen MR) is 99.4 cm³/mol. The molecule has 3 rings (SSSR count). The smallest absolute Gasteiger partial charge is 0.295 e. The number of ketones is 1. The standard InChI is InChI=1S/C20H20FNO3S/c1-3-4-9-22-17(15-6-5-10-26-15)16(19(24)20(22)25)18(23)13-7-8-14(21)12(2)11-13/h5-8,10-11,17,23H,3-4,9H2,1-2H3/b18-16-. The molecule has 0 spiro atoms. The van der Waals surface area contributed by atoms with Crippen LogP contribution in [0.25, 0.3) is 5.76 Å². The predicted octanol–water partition coefficient (Wildman–Crippen LogP) is 4.42. The third-order valence-electron chi connectivity index (χ3n) is 4.54. The SMILES string of the molecule is CCCCN1C(=O)C(=O)/C(=C(\O)c2ccc(F)c(C)c2)C1c1cccs1. The number of unbranched alkanes of at least 4 members (excludes halogenated alkanes) is 1. The maximum absolute atomic E-state index is 13.6. The first-order valence-electron chi connectivity index (χ1n) is 8.54. The highest BCUT2D eigenvalue weighted by molar-refractivity contribution is 7.10. The molecule has 0 saturated carbocycles. The molecular formula is C20H20FNO3S. The number of nitrogens with zero attached hydrogens (tertiary/aromatic N) is 1. The quantitative estimate of drug-likeness (QED) is 0.480. The molecule has 1 aliphatic heterocycles. The van der Waals surface area contributed by atoms with Gasteiger partial charge >= 0.3 is 0 Å². The van der Waals surface area contributed by atoms with Gasteiger partial charge in [0.25, 0.3) is 11.7 Å². The van der Waals surface area contributed by atoms with Crippen LogP contribution >= 0.6 is 11.3 Å². The molecule has 1 unspecified atom stereocenters.